The molecule has 1 aliphatic carbocycles. The van der Waals surface area contributed by atoms with Gasteiger partial charge in [0, 0.05) is 18.0 Å². The van der Waals surface area contributed by atoms with Gasteiger partial charge < -0.3 is 16.2 Å². The number of halogens is 2. The average Bonchev–Trinajstić information content (AvgIpc) is 2.30. The number of amides is 1. The smallest absolute Gasteiger partial charge is 0.338 e. The molecule has 20 heavy (non-hydrogen) atoms. The highest BCUT2D eigenvalue weighted by Gasteiger charge is 2.34. The predicted molar refractivity (Wildman–Crippen MR) is 67.3 cm³/mol. The van der Waals surface area contributed by atoms with Gasteiger partial charge in [-0.15, -0.1) is 0 Å². The highest BCUT2D eigenvalue weighted by Crippen LogP contribution is 2.32. The lowest BCUT2D eigenvalue weighted by atomic mass is 9.75. The third-order valence-corrected chi connectivity index (χ3v) is 3.42. The van der Waals surface area contributed by atoms with Crippen molar-refractivity contribution in [3.63, 3.8) is 0 Å². The molecule has 1 amide bonds. The Bertz CT molecular complexity index is 571. The van der Waals surface area contributed by atoms with Crippen LogP contribution in [0.4, 0.5) is 14.5 Å². The Morgan fingerprint density at radius 2 is 1.95 bits per heavy atom. The number of anilines is 1. The van der Waals surface area contributed by atoms with Crippen LogP contribution in [-0.2, 0) is 4.79 Å². The van der Waals surface area contributed by atoms with Crippen molar-refractivity contribution in [2.45, 2.75) is 31.2 Å². The first-order valence-electron chi connectivity index (χ1n) is 6.12. The molecule has 1 saturated carbocycles. The number of benzene rings is 1. The zero-order valence-electron chi connectivity index (χ0n) is 10.6. The van der Waals surface area contributed by atoms with Gasteiger partial charge in [0.2, 0.25) is 5.91 Å². The Hall–Kier alpha value is -2.02. The van der Waals surface area contributed by atoms with Crippen LogP contribution in [0.25, 0.3) is 0 Å². The van der Waals surface area contributed by atoms with Crippen LogP contribution in [0.2, 0.25) is 0 Å². The predicted octanol–water partition coefficient (Wildman–Crippen LogP) is 1.87. The Kier molecular flexibility index (Phi) is 3.71. The summed E-state index contributed by atoms with van der Waals surface area (Å²) in [6, 6.07) is 1.19. The molecule has 1 aromatic rings. The minimum atomic E-state index is -1.53. The van der Waals surface area contributed by atoms with Gasteiger partial charge in [-0.05, 0) is 25.3 Å². The molecule has 1 aromatic carbocycles. The summed E-state index contributed by atoms with van der Waals surface area (Å²) >= 11 is 0. The van der Waals surface area contributed by atoms with Crippen LogP contribution in [0.5, 0.6) is 0 Å². The number of carboxylic acids is 1. The monoisotopic (exact) mass is 284 g/mol. The maximum atomic E-state index is 13.5. The molecule has 4 N–H and O–H groups in total. The molecule has 0 aliphatic heterocycles. The van der Waals surface area contributed by atoms with Gasteiger partial charge in [0.15, 0.2) is 0 Å². The summed E-state index contributed by atoms with van der Waals surface area (Å²) in [4.78, 5) is 22.5. The molecule has 0 spiro atoms. The molecule has 7 heteroatoms. The van der Waals surface area contributed by atoms with Crippen LogP contribution in [0.1, 0.15) is 36.0 Å². The van der Waals surface area contributed by atoms with Crippen molar-refractivity contribution in [1.82, 2.24) is 0 Å². The number of hydrogen-bond acceptors (Lipinski definition) is 3. The van der Waals surface area contributed by atoms with E-state index in [1.54, 1.807) is 0 Å². The number of rotatable bonds is 4. The van der Waals surface area contributed by atoms with E-state index in [-0.39, 0.29) is 12.1 Å². The van der Waals surface area contributed by atoms with Crippen LogP contribution in [0, 0.1) is 11.6 Å². The topological polar surface area (TPSA) is 92.4 Å². The third-order valence-electron chi connectivity index (χ3n) is 3.42. The summed E-state index contributed by atoms with van der Waals surface area (Å²) in [6.07, 6.45) is 2.39. The van der Waals surface area contributed by atoms with Gasteiger partial charge in [0.05, 0.1) is 11.3 Å². The van der Waals surface area contributed by atoms with E-state index in [0.717, 1.165) is 12.5 Å². The standard InChI is InChI=1S/C13H14F2N2O3/c14-8-5-9(15)10(4-7(8)12(19)20)17-11(18)6-13(16)2-1-3-13/h4-5H,1-3,6,16H2,(H,17,18)(H,19,20). The molecule has 1 fully saturated rings. The molecule has 0 bridgehead atoms. The van der Waals surface area contributed by atoms with Crippen molar-refractivity contribution in [3.05, 3.63) is 29.3 Å². The van der Waals surface area contributed by atoms with Gasteiger partial charge in [0.25, 0.3) is 0 Å². The van der Waals surface area contributed by atoms with Gasteiger partial charge >= 0.3 is 5.97 Å². The van der Waals surface area contributed by atoms with E-state index in [1.165, 1.54) is 0 Å². The van der Waals surface area contributed by atoms with E-state index in [0.29, 0.717) is 18.9 Å². The zero-order valence-corrected chi connectivity index (χ0v) is 10.6. The first kappa shape index (κ1) is 14.4. The Labute approximate surface area is 113 Å². The average molecular weight is 284 g/mol. The second-order valence-electron chi connectivity index (χ2n) is 5.06. The second-order valence-corrected chi connectivity index (χ2v) is 5.06. The Morgan fingerprint density at radius 1 is 1.30 bits per heavy atom. The van der Waals surface area contributed by atoms with Crippen LogP contribution >= 0.6 is 0 Å². The lowest BCUT2D eigenvalue weighted by Crippen LogP contribution is -2.49. The number of nitrogens with two attached hydrogens (primary N) is 1. The fourth-order valence-corrected chi connectivity index (χ4v) is 2.13. The molecule has 0 heterocycles. The second kappa shape index (κ2) is 5.16. The lowest BCUT2D eigenvalue weighted by molar-refractivity contribution is -0.118. The van der Waals surface area contributed by atoms with Gasteiger partial charge in [0.1, 0.15) is 11.6 Å². The van der Waals surface area contributed by atoms with Crippen LogP contribution in [0.15, 0.2) is 12.1 Å². The number of hydrogen-bond donors (Lipinski definition) is 3. The van der Waals surface area contributed by atoms with E-state index < -0.39 is 34.6 Å². The highest BCUT2D eigenvalue weighted by atomic mass is 19.1. The van der Waals surface area contributed by atoms with E-state index in [4.69, 9.17) is 10.8 Å². The summed E-state index contributed by atoms with van der Waals surface area (Å²) in [6.45, 7) is 0. The fourth-order valence-electron chi connectivity index (χ4n) is 2.13. The minimum Gasteiger partial charge on any atom is -0.478 e. The fraction of sp³-hybridized carbons (Fsp3) is 0.385. The van der Waals surface area contributed by atoms with Crippen molar-refractivity contribution in [3.8, 4) is 0 Å². The Morgan fingerprint density at radius 3 is 2.45 bits per heavy atom. The number of carbonyl (C=O) groups excluding carboxylic acids is 1. The molecule has 0 atom stereocenters. The lowest BCUT2D eigenvalue weighted by Gasteiger charge is -2.37. The minimum absolute atomic E-state index is 0.0201. The van der Waals surface area contributed by atoms with Crippen molar-refractivity contribution in [1.29, 1.82) is 0 Å². The van der Waals surface area contributed by atoms with E-state index in [2.05, 4.69) is 5.32 Å². The zero-order chi connectivity index (χ0) is 14.9. The highest BCUT2D eigenvalue weighted by molar-refractivity contribution is 5.94. The summed E-state index contributed by atoms with van der Waals surface area (Å²) in [5.74, 6) is -4.27. The maximum absolute atomic E-state index is 13.5. The SMILES string of the molecule is NC1(CC(=O)Nc2cc(C(=O)O)c(F)cc2F)CCC1. The number of carboxylic acid groups (broad SMARTS) is 1. The molecule has 5 nitrogen and oxygen atoms in total. The van der Waals surface area contributed by atoms with Gasteiger partial charge in [-0.3, -0.25) is 4.79 Å². The van der Waals surface area contributed by atoms with E-state index in [9.17, 15) is 18.4 Å². The normalized spacial score (nSPS) is 16.4. The molecule has 0 radical (unpaired) electrons. The Balaban J connectivity index is 2.14. The van der Waals surface area contributed by atoms with Gasteiger partial charge in [-0.25, -0.2) is 13.6 Å². The molecule has 108 valence electrons. The van der Waals surface area contributed by atoms with Crippen LogP contribution < -0.4 is 11.1 Å². The van der Waals surface area contributed by atoms with Crippen LogP contribution in [-0.4, -0.2) is 22.5 Å². The van der Waals surface area contributed by atoms with Crippen molar-refractivity contribution >= 4 is 17.6 Å². The number of nitrogens with one attached hydrogen (secondary N) is 1. The molecule has 2 rings (SSSR count). The van der Waals surface area contributed by atoms with Gasteiger partial charge in [-0.2, -0.15) is 0 Å². The summed E-state index contributed by atoms with van der Waals surface area (Å²) < 4.78 is 26.7. The van der Waals surface area contributed by atoms with Crippen molar-refractivity contribution in [2.24, 2.45) is 5.73 Å². The van der Waals surface area contributed by atoms with E-state index >= 15 is 0 Å². The molecule has 0 saturated heterocycles. The number of carbonyl (C=O) groups is 2. The molecule has 1 aliphatic rings. The first-order valence-corrected chi connectivity index (χ1v) is 6.12. The van der Waals surface area contributed by atoms with Crippen molar-refractivity contribution < 1.29 is 23.5 Å². The first-order chi connectivity index (χ1) is 9.31. The maximum Gasteiger partial charge on any atom is 0.338 e. The summed E-state index contributed by atoms with van der Waals surface area (Å²) in [5.41, 5.74) is 4.25. The summed E-state index contributed by atoms with van der Waals surface area (Å²) in [5, 5.41) is 11.0. The van der Waals surface area contributed by atoms with Crippen LogP contribution in [0.3, 0.4) is 0 Å². The molecular formula is C13H14F2N2O3. The molecule has 0 aromatic heterocycles. The van der Waals surface area contributed by atoms with Crippen molar-refractivity contribution in [2.75, 3.05) is 5.32 Å². The molecular weight excluding hydrogens is 270 g/mol. The summed E-state index contributed by atoms with van der Waals surface area (Å²) in [7, 11) is 0. The van der Waals surface area contributed by atoms with Gasteiger partial charge in [-0.1, -0.05) is 0 Å². The van der Waals surface area contributed by atoms with E-state index in [1.807, 2.05) is 0 Å². The molecule has 0 unspecified atom stereocenters. The third kappa shape index (κ3) is 2.93. The number of aromatic carboxylic acids is 1. The quantitative estimate of drug-likeness (QED) is 0.787. The largest absolute Gasteiger partial charge is 0.478 e.